The van der Waals surface area contributed by atoms with Crippen molar-refractivity contribution in [3.8, 4) is 16.9 Å². The molecule has 3 rings (SSSR count). The van der Waals surface area contributed by atoms with Crippen LogP contribution < -0.4 is 0 Å². The zero-order valence-corrected chi connectivity index (χ0v) is 16.2. The molecule has 0 aliphatic heterocycles. The Kier molecular flexibility index (Phi) is 5.18. The molecule has 3 aromatic rings. The normalized spacial score (nSPS) is 12.0. The number of phenols is 1. The second-order valence-corrected chi connectivity index (χ2v) is 7.23. The Morgan fingerprint density at radius 2 is 1.86 bits per heavy atom. The molecule has 0 saturated heterocycles. The van der Waals surface area contributed by atoms with E-state index in [9.17, 15) is 14.3 Å². The third kappa shape index (κ3) is 3.60. The van der Waals surface area contributed by atoms with Gasteiger partial charge in [-0.05, 0) is 72.2 Å². The van der Waals surface area contributed by atoms with Gasteiger partial charge in [0.25, 0.3) is 0 Å². The number of aliphatic carboxylic acids is 1. The van der Waals surface area contributed by atoms with Gasteiger partial charge in [-0.15, -0.1) is 0 Å². The number of halogens is 1. The summed E-state index contributed by atoms with van der Waals surface area (Å²) in [7, 11) is 0. The maximum absolute atomic E-state index is 13.8. The molecular formula is C23H22FNO3. The van der Waals surface area contributed by atoms with Crippen LogP contribution in [0, 0.1) is 12.7 Å². The van der Waals surface area contributed by atoms with Crippen molar-refractivity contribution in [2.75, 3.05) is 0 Å². The lowest BCUT2D eigenvalue weighted by atomic mass is 9.90. The molecule has 0 saturated carbocycles. The number of allylic oxidation sites excluding steroid dienone is 1. The summed E-state index contributed by atoms with van der Waals surface area (Å²) in [6, 6.07) is 9.91. The van der Waals surface area contributed by atoms with Crippen LogP contribution in [0.25, 0.3) is 27.5 Å². The number of hydrogen-bond acceptors (Lipinski definition) is 3. The molecule has 0 spiro atoms. The number of hydrogen-bond donors (Lipinski definition) is 2. The molecule has 0 fully saturated rings. The van der Waals surface area contributed by atoms with E-state index in [0.717, 1.165) is 28.3 Å². The van der Waals surface area contributed by atoms with Crippen molar-refractivity contribution >= 4 is 22.3 Å². The van der Waals surface area contributed by atoms with Crippen molar-refractivity contribution in [3.63, 3.8) is 0 Å². The van der Waals surface area contributed by atoms with Gasteiger partial charge < -0.3 is 10.2 Å². The summed E-state index contributed by atoms with van der Waals surface area (Å²) in [6.45, 7) is 7.41. The number of phenolic OH excluding ortho intramolecular Hbond substituents is 1. The van der Waals surface area contributed by atoms with Gasteiger partial charge in [0.05, 0.1) is 11.4 Å². The largest absolute Gasteiger partial charge is 0.508 e. The third-order valence-electron chi connectivity index (χ3n) is 4.72. The maximum Gasteiger partial charge on any atom is 0.328 e. The molecule has 5 heteroatoms. The zero-order chi connectivity index (χ0) is 20.6. The van der Waals surface area contributed by atoms with Gasteiger partial charge in [0.15, 0.2) is 0 Å². The highest BCUT2D eigenvalue weighted by Gasteiger charge is 2.19. The van der Waals surface area contributed by atoms with E-state index in [1.807, 2.05) is 13.8 Å². The van der Waals surface area contributed by atoms with Crippen molar-refractivity contribution in [3.05, 3.63) is 65.2 Å². The molecule has 28 heavy (non-hydrogen) atoms. The highest BCUT2D eigenvalue weighted by atomic mass is 19.1. The molecule has 144 valence electrons. The molecule has 2 aromatic carbocycles. The van der Waals surface area contributed by atoms with Crippen LogP contribution in [0.1, 0.15) is 43.6 Å². The minimum absolute atomic E-state index is 0.0509. The molecule has 0 bridgehead atoms. The number of pyridine rings is 1. The predicted molar refractivity (Wildman–Crippen MR) is 109 cm³/mol. The van der Waals surface area contributed by atoms with Crippen LogP contribution in [0.4, 0.5) is 4.39 Å². The number of aromatic nitrogens is 1. The summed E-state index contributed by atoms with van der Waals surface area (Å²) < 4.78 is 13.8. The number of nitrogens with zero attached hydrogens (tertiary/aromatic N) is 1. The highest BCUT2D eigenvalue weighted by molar-refractivity contribution is 6.04. The van der Waals surface area contributed by atoms with Gasteiger partial charge in [0.1, 0.15) is 11.6 Å². The first-order valence-corrected chi connectivity index (χ1v) is 9.03. The highest BCUT2D eigenvalue weighted by Crippen LogP contribution is 2.39. The van der Waals surface area contributed by atoms with E-state index < -0.39 is 5.97 Å². The molecule has 0 unspecified atom stereocenters. The second-order valence-electron chi connectivity index (χ2n) is 7.23. The van der Waals surface area contributed by atoms with Crippen LogP contribution in [-0.2, 0) is 4.79 Å². The minimum atomic E-state index is -1.06. The Hall–Kier alpha value is -3.21. The zero-order valence-electron chi connectivity index (χ0n) is 16.2. The standard InChI is InChI=1S/C23H22FNO3/c1-12(2)22-21(15-5-8-19(24)13(3)9-15)17-7-6-16(26)11-18(17)23(25-22)14(4)10-20(27)28/h5-12,26H,1-4H3,(H,27,28)/b14-10+. The average molecular weight is 379 g/mol. The molecule has 0 radical (unpaired) electrons. The van der Waals surface area contributed by atoms with E-state index in [2.05, 4.69) is 0 Å². The monoisotopic (exact) mass is 379 g/mol. The van der Waals surface area contributed by atoms with Crippen molar-refractivity contribution in [2.24, 2.45) is 0 Å². The first-order valence-electron chi connectivity index (χ1n) is 9.03. The lowest BCUT2D eigenvalue weighted by Crippen LogP contribution is -2.03. The van der Waals surface area contributed by atoms with E-state index in [1.54, 1.807) is 44.2 Å². The Balaban J connectivity index is 2.46. The lowest BCUT2D eigenvalue weighted by molar-refractivity contribution is -0.131. The topological polar surface area (TPSA) is 70.4 Å². The molecule has 2 N–H and O–H groups in total. The average Bonchev–Trinajstić information content (AvgIpc) is 2.61. The minimum Gasteiger partial charge on any atom is -0.508 e. The predicted octanol–water partition coefficient (Wildman–Crippen LogP) is 5.67. The van der Waals surface area contributed by atoms with Crippen LogP contribution >= 0.6 is 0 Å². The van der Waals surface area contributed by atoms with Gasteiger partial charge in [-0.3, -0.25) is 4.98 Å². The van der Waals surface area contributed by atoms with E-state index in [-0.39, 0.29) is 17.5 Å². The molecule has 1 aromatic heterocycles. The SMILES string of the molecule is C/C(=C\C(=O)O)c1nc(C(C)C)c(-c2ccc(F)c(C)c2)c2ccc(O)cc12. The van der Waals surface area contributed by atoms with Crippen molar-refractivity contribution in [1.82, 2.24) is 4.98 Å². The van der Waals surface area contributed by atoms with Gasteiger partial charge >= 0.3 is 5.97 Å². The lowest BCUT2D eigenvalue weighted by Gasteiger charge is -2.19. The number of aryl methyl sites for hydroxylation is 1. The Bertz CT molecular complexity index is 1120. The summed E-state index contributed by atoms with van der Waals surface area (Å²) in [5.74, 6) is -1.22. The molecule has 0 atom stereocenters. The quantitative estimate of drug-likeness (QED) is 0.573. The number of carboxylic acid groups (broad SMARTS) is 1. The fourth-order valence-corrected chi connectivity index (χ4v) is 3.40. The van der Waals surface area contributed by atoms with E-state index >= 15 is 0 Å². The maximum atomic E-state index is 13.8. The van der Waals surface area contributed by atoms with Crippen LogP contribution in [-0.4, -0.2) is 21.2 Å². The number of carboxylic acids is 1. The molecule has 0 aliphatic carbocycles. The molecule has 4 nitrogen and oxygen atoms in total. The van der Waals surface area contributed by atoms with Gasteiger partial charge in [-0.1, -0.05) is 19.9 Å². The third-order valence-corrected chi connectivity index (χ3v) is 4.72. The smallest absolute Gasteiger partial charge is 0.328 e. The van der Waals surface area contributed by atoms with Gasteiger partial charge in [-0.2, -0.15) is 0 Å². The number of fused-ring (bicyclic) bond motifs is 1. The molecule has 1 heterocycles. The number of benzene rings is 2. The number of rotatable bonds is 4. The van der Waals surface area contributed by atoms with Gasteiger partial charge in [0, 0.05) is 17.0 Å². The molecule has 0 amide bonds. The second kappa shape index (κ2) is 7.43. The van der Waals surface area contributed by atoms with Crippen molar-refractivity contribution < 1.29 is 19.4 Å². The summed E-state index contributed by atoms with van der Waals surface area (Å²) in [6.07, 6.45) is 1.11. The summed E-state index contributed by atoms with van der Waals surface area (Å²) in [5, 5.41) is 20.7. The first kappa shape index (κ1) is 19.5. The fourth-order valence-electron chi connectivity index (χ4n) is 3.40. The van der Waals surface area contributed by atoms with Crippen LogP contribution in [0.5, 0.6) is 5.75 Å². The Labute approximate surface area is 163 Å². The van der Waals surface area contributed by atoms with Crippen LogP contribution in [0.15, 0.2) is 42.5 Å². The fraction of sp³-hybridized carbons (Fsp3) is 0.217. The Morgan fingerprint density at radius 1 is 1.14 bits per heavy atom. The summed E-state index contributed by atoms with van der Waals surface area (Å²) in [4.78, 5) is 16.0. The van der Waals surface area contributed by atoms with Gasteiger partial charge in [0.2, 0.25) is 0 Å². The van der Waals surface area contributed by atoms with Crippen molar-refractivity contribution in [1.29, 1.82) is 0 Å². The van der Waals surface area contributed by atoms with E-state index in [1.165, 1.54) is 6.07 Å². The number of carbonyl (C=O) groups is 1. The Morgan fingerprint density at radius 3 is 2.46 bits per heavy atom. The first-order chi connectivity index (χ1) is 13.2. The summed E-state index contributed by atoms with van der Waals surface area (Å²) >= 11 is 0. The van der Waals surface area contributed by atoms with Gasteiger partial charge in [-0.25, -0.2) is 9.18 Å². The van der Waals surface area contributed by atoms with Crippen LogP contribution in [0.3, 0.4) is 0 Å². The van der Waals surface area contributed by atoms with E-state index in [4.69, 9.17) is 10.1 Å². The molecular weight excluding hydrogens is 357 g/mol. The number of aromatic hydroxyl groups is 1. The molecule has 0 aliphatic rings. The van der Waals surface area contributed by atoms with Crippen molar-refractivity contribution in [2.45, 2.75) is 33.6 Å². The van der Waals surface area contributed by atoms with E-state index in [0.29, 0.717) is 22.2 Å². The van der Waals surface area contributed by atoms with Crippen LogP contribution in [0.2, 0.25) is 0 Å². The summed E-state index contributed by atoms with van der Waals surface area (Å²) in [5.41, 5.74) is 4.02.